The van der Waals surface area contributed by atoms with Gasteiger partial charge in [0.15, 0.2) is 5.78 Å². The highest BCUT2D eigenvalue weighted by molar-refractivity contribution is 6.39. The lowest BCUT2D eigenvalue weighted by Gasteiger charge is -2.39. The van der Waals surface area contributed by atoms with Crippen molar-refractivity contribution in [2.75, 3.05) is 4.90 Å². The smallest absolute Gasteiger partial charge is 0.239 e. The van der Waals surface area contributed by atoms with Crippen LogP contribution in [0.25, 0.3) is 11.1 Å². The molecule has 0 spiro atoms. The summed E-state index contributed by atoms with van der Waals surface area (Å²) in [6.45, 7) is 0. The third-order valence-electron chi connectivity index (χ3n) is 9.66. The first-order chi connectivity index (χ1) is 21.5. The average Bonchev–Trinajstić information content (AvgIpc) is 3.59. The Morgan fingerprint density at radius 3 is 1.23 bits per heavy atom. The molecule has 3 aliphatic rings. The van der Waals surface area contributed by atoms with Crippen molar-refractivity contribution in [2.45, 2.75) is 10.8 Å². The fraction of sp³-hybridized carbons (Fsp3) is 0.103. The lowest BCUT2D eigenvalue weighted by atomic mass is 9.59. The zero-order valence-electron chi connectivity index (χ0n) is 23.6. The summed E-state index contributed by atoms with van der Waals surface area (Å²) in [5, 5.41) is 0.504. The molecular weight excluding hydrogens is 566 g/mol. The van der Waals surface area contributed by atoms with Crippen LogP contribution in [0.15, 0.2) is 146 Å². The van der Waals surface area contributed by atoms with E-state index in [2.05, 4.69) is 0 Å². The minimum atomic E-state index is -1.41. The second-order valence-corrected chi connectivity index (χ2v) is 12.0. The van der Waals surface area contributed by atoms with Gasteiger partial charge in [-0.05, 0) is 57.7 Å². The minimum Gasteiger partial charge on any atom is -0.297 e. The molecule has 44 heavy (non-hydrogen) atoms. The lowest BCUT2D eigenvalue weighted by molar-refractivity contribution is -0.130. The van der Waals surface area contributed by atoms with Crippen LogP contribution in [-0.2, 0) is 25.2 Å². The number of carbonyl (C=O) groups is 3. The van der Waals surface area contributed by atoms with Crippen molar-refractivity contribution in [1.29, 1.82) is 0 Å². The fourth-order valence-electron chi connectivity index (χ4n) is 8.18. The topological polar surface area (TPSA) is 54.5 Å². The van der Waals surface area contributed by atoms with E-state index in [1.54, 1.807) is 24.3 Å². The van der Waals surface area contributed by atoms with Gasteiger partial charge in [0.25, 0.3) is 0 Å². The molecule has 2 fully saturated rings. The second-order valence-electron chi connectivity index (χ2n) is 11.6. The maximum absolute atomic E-state index is 15.8. The van der Waals surface area contributed by atoms with Gasteiger partial charge in [0, 0.05) is 5.02 Å². The quantitative estimate of drug-likeness (QED) is 0.199. The SMILES string of the molecule is O=C1[C@@H]2[C@H](C(=O)N1c1ccc(Cl)cc1)[C@@]1(c3ccccc3)C(=O)[C@@]2(c2ccccc2)C(c2ccccc2)=C1c1ccccc1. The number of allylic oxidation sites excluding steroid dienone is 2. The first-order valence-electron chi connectivity index (χ1n) is 14.7. The van der Waals surface area contributed by atoms with Crippen molar-refractivity contribution in [3.05, 3.63) is 173 Å². The van der Waals surface area contributed by atoms with Gasteiger partial charge in [-0.2, -0.15) is 0 Å². The van der Waals surface area contributed by atoms with Gasteiger partial charge in [-0.15, -0.1) is 0 Å². The first kappa shape index (κ1) is 26.6. The monoisotopic (exact) mass is 591 g/mol. The van der Waals surface area contributed by atoms with Gasteiger partial charge in [-0.25, -0.2) is 4.90 Å². The predicted octanol–water partition coefficient (Wildman–Crippen LogP) is 7.53. The zero-order chi connectivity index (χ0) is 30.1. The van der Waals surface area contributed by atoms with Crippen LogP contribution in [0.1, 0.15) is 22.3 Å². The highest BCUT2D eigenvalue weighted by atomic mass is 35.5. The van der Waals surface area contributed by atoms with Crippen LogP contribution in [-0.4, -0.2) is 17.6 Å². The zero-order valence-corrected chi connectivity index (χ0v) is 24.3. The van der Waals surface area contributed by atoms with Crippen LogP contribution in [0.2, 0.25) is 5.02 Å². The van der Waals surface area contributed by atoms with Gasteiger partial charge < -0.3 is 0 Å². The number of Topliss-reactive ketones (excluding diaryl/α,β-unsaturated/α-hetero) is 1. The Bertz CT molecular complexity index is 1850. The van der Waals surface area contributed by atoms with Gasteiger partial charge in [0.05, 0.1) is 28.4 Å². The summed E-state index contributed by atoms with van der Waals surface area (Å²) < 4.78 is 0. The van der Waals surface area contributed by atoms with E-state index in [4.69, 9.17) is 11.6 Å². The molecule has 1 saturated carbocycles. The van der Waals surface area contributed by atoms with Crippen molar-refractivity contribution >= 4 is 46.0 Å². The fourth-order valence-corrected chi connectivity index (χ4v) is 8.30. The Labute approximate surface area is 260 Å². The second kappa shape index (κ2) is 9.73. The largest absolute Gasteiger partial charge is 0.297 e. The molecule has 4 atom stereocenters. The number of anilines is 1. The van der Waals surface area contributed by atoms with Crippen molar-refractivity contribution in [2.24, 2.45) is 11.8 Å². The predicted molar refractivity (Wildman–Crippen MR) is 172 cm³/mol. The number of imide groups is 1. The number of rotatable bonds is 5. The number of ketones is 1. The molecule has 0 N–H and O–H groups in total. The van der Waals surface area contributed by atoms with Gasteiger partial charge in [-0.3, -0.25) is 14.4 Å². The summed E-state index contributed by atoms with van der Waals surface area (Å²) in [6, 6.07) is 45.6. The molecule has 8 rings (SSSR count). The molecule has 5 aromatic rings. The Balaban J connectivity index is 1.55. The van der Waals surface area contributed by atoms with E-state index >= 15 is 4.79 Å². The first-order valence-corrected chi connectivity index (χ1v) is 15.1. The lowest BCUT2D eigenvalue weighted by Crippen LogP contribution is -2.45. The molecule has 1 saturated heterocycles. The van der Waals surface area contributed by atoms with Gasteiger partial charge in [0.2, 0.25) is 11.8 Å². The summed E-state index contributed by atoms with van der Waals surface area (Å²) in [4.78, 5) is 46.8. The third kappa shape index (κ3) is 3.26. The number of hydrogen-bond donors (Lipinski definition) is 0. The average molecular weight is 592 g/mol. The number of hydrogen-bond acceptors (Lipinski definition) is 3. The standard InChI is InChI=1S/C39H26ClNO3/c40-29-21-23-30(24-22-29)41-35(42)33-34(36(41)43)39(28-19-11-4-12-20-28)32(26-15-7-2-8-16-26)31(25-13-5-1-6-14-25)38(33,37(39)44)27-17-9-3-10-18-27/h1-24,33-34H/t33-,34+,38-,39-/m0/s1. The highest BCUT2D eigenvalue weighted by Gasteiger charge is 2.82. The summed E-state index contributed by atoms with van der Waals surface area (Å²) >= 11 is 6.20. The number of nitrogens with zero attached hydrogens (tertiary/aromatic N) is 1. The Hall–Kier alpha value is -5.06. The molecule has 2 bridgehead atoms. The van der Waals surface area contributed by atoms with E-state index in [0.29, 0.717) is 21.8 Å². The van der Waals surface area contributed by atoms with E-state index < -0.39 is 22.7 Å². The van der Waals surface area contributed by atoms with Gasteiger partial charge >= 0.3 is 0 Å². The van der Waals surface area contributed by atoms with Crippen molar-refractivity contribution in [1.82, 2.24) is 0 Å². The number of benzene rings is 5. The molecule has 1 heterocycles. The summed E-state index contributed by atoms with van der Waals surface area (Å²) in [7, 11) is 0. The van der Waals surface area contributed by atoms with Crippen LogP contribution in [0, 0.1) is 11.8 Å². The van der Waals surface area contributed by atoms with Crippen molar-refractivity contribution in [3.63, 3.8) is 0 Å². The van der Waals surface area contributed by atoms with Crippen molar-refractivity contribution in [3.8, 4) is 0 Å². The van der Waals surface area contributed by atoms with Crippen LogP contribution in [0.4, 0.5) is 5.69 Å². The molecular formula is C39H26ClNO3. The van der Waals surface area contributed by atoms with Crippen LogP contribution in [0.5, 0.6) is 0 Å². The number of fused-ring (bicyclic) bond motifs is 5. The molecule has 2 amide bonds. The van der Waals surface area contributed by atoms with Crippen LogP contribution >= 0.6 is 11.6 Å². The molecule has 0 unspecified atom stereocenters. The van der Waals surface area contributed by atoms with Crippen LogP contribution in [0.3, 0.4) is 0 Å². The molecule has 0 aromatic heterocycles. The number of carbonyl (C=O) groups excluding carboxylic acids is 3. The molecule has 212 valence electrons. The third-order valence-corrected chi connectivity index (χ3v) is 9.91. The normalized spacial score (nSPS) is 25.6. The van der Waals surface area contributed by atoms with Crippen LogP contribution < -0.4 is 4.90 Å². The maximum Gasteiger partial charge on any atom is 0.239 e. The van der Waals surface area contributed by atoms with E-state index in [0.717, 1.165) is 22.3 Å². The molecule has 1 aliphatic heterocycles. The van der Waals surface area contributed by atoms with E-state index in [1.807, 2.05) is 121 Å². The highest BCUT2D eigenvalue weighted by Crippen LogP contribution is 2.74. The Morgan fingerprint density at radius 2 is 0.841 bits per heavy atom. The molecule has 0 radical (unpaired) electrons. The number of halogens is 1. The Morgan fingerprint density at radius 1 is 0.477 bits per heavy atom. The maximum atomic E-state index is 15.8. The summed E-state index contributed by atoms with van der Waals surface area (Å²) in [5.41, 5.74) is 2.30. The van der Waals surface area contributed by atoms with Gasteiger partial charge in [-0.1, -0.05) is 133 Å². The van der Waals surface area contributed by atoms with E-state index in [1.165, 1.54) is 4.90 Å². The van der Waals surface area contributed by atoms with E-state index in [9.17, 15) is 9.59 Å². The Kier molecular flexibility index (Phi) is 5.87. The minimum absolute atomic E-state index is 0.132. The molecule has 5 aromatic carbocycles. The molecule has 5 heteroatoms. The van der Waals surface area contributed by atoms with E-state index in [-0.39, 0.29) is 17.6 Å². The number of amides is 2. The molecule has 2 aliphatic carbocycles. The van der Waals surface area contributed by atoms with Crippen molar-refractivity contribution < 1.29 is 14.4 Å². The summed E-state index contributed by atoms with van der Waals surface area (Å²) in [5.74, 6) is -2.80. The molecule has 4 nitrogen and oxygen atoms in total. The van der Waals surface area contributed by atoms with Gasteiger partial charge in [0.1, 0.15) is 0 Å². The summed E-state index contributed by atoms with van der Waals surface area (Å²) in [6.07, 6.45) is 0.